The number of nitrogens with zero attached hydrogens (tertiary/aromatic N) is 4. The zero-order chi connectivity index (χ0) is 16.6. The van der Waals surface area contributed by atoms with Gasteiger partial charge in [-0.1, -0.05) is 41.6 Å². The van der Waals surface area contributed by atoms with Crippen LogP contribution in [0.2, 0.25) is 0 Å². The zero-order valence-electron chi connectivity index (χ0n) is 12.7. The molecule has 24 heavy (non-hydrogen) atoms. The van der Waals surface area contributed by atoms with E-state index in [9.17, 15) is 4.79 Å². The highest BCUT2D eigenvalue weighted by Crippen LogP contribution is 2.07. The van der Waals surface area contributed by atoms with Crippen molar-refractivity contribution in [3.63, 3.8) is 0 Å². The van der Waals surface area contributed by atoms with Crippen LogP contribution >= 0.6 is 11.3 Å². The molecule has 2 aromatic heterocycles. The number of rotatable bonds is 6. The minimum Gasteiger partial charge on any atom is -0.266 e. The molecule has 6 nitrogen and oxygen atoms in total. The van der Waals surface area contributed by atoms with Gasteiger partial charge in [-0.15, -0.1) is 16.4 Å². The molecule has 0 bridgehead atoms. The van der Waals surface area contributed by atoms with Gasteiger partial charge < -0.3 is 0 Å². The Balaban J connectivity index is 1.50. The van der Waals surface area contributed by atoms with Crippen LogP contribution in [0.15, 0.2) is 65.2 Å². The van der Waals surface area contributed by atoms with Crippen LogP contribution in [0, 0.1) is 0 Å². The molecule has 0 unspecified atom stereocenters. The van der Waals surface area contributed by atoms with Crippen molar-refractivity contribution in [3.8, 4) is 0 Å². The molecule has 0 spiro atoms. The Kier molecular flexibility index (Phi) is 5.26. The van der Waals surface area contributed by atoms with Gasteiger partial charge in [-0.05, 0) is 29.2 Å². The third-order valence-electron chi connectivity index (χ3n) is 3.08. The minimum atomic E-state index is -0.219. The molecule has 0 aliphatic carbocycles. The molecule has 0 aliphatic heterocycles. The third kappa shape index (κ3) is 4.47. The van der Waals surface area contributed by atoms with E-state index < -0.39 is 0 Å². The molecule has 3 aromatic rings. The van der Waals surface area contributed by atoms with Crippen molar-refractivity contribution in [2.75, 3.05) is 0 Å². The van der Waals surface area contributed by atoms with Gasteiger partial charge in [0.2, 0.25) is 0 Å². The van der Waals surface area contributed by atoms with Crippen LogP contribution in [0.5, 0.6) is 0 Å². The summed E-state index contributed by atoms with van der Waals surface area (Å²) in [5, 5.41) is 13.8. The van der Waals surface area contributed by atoms with E-state index in [1.807, 2.05) is 48.0 Å². The first kappa shape index (κ1) is 15.8. The van der Waals surface area contributed by atoms with Gasteiger partial charge in [0, 0.05) is 6.21 Å². The van der Waals surface area contributed by atoms with Crippen LogP contribution in [0.1, 0.15) is 20.9 Å². The lowest BCUT2D eigenvalue weighted by Gasteiger charge is -1.98. The van der Waals surface area contributed by atoms with Crippen molar-refractivity contribution in [3.05, 3.63) is 76.3 Å². The number of hydrogen-bond acceptors (Lipinski definition) is 5. The first-order valence-electron chi connectivity index (χ1n) is 7.29. The molecule has 0 saturated heterocycles. The number of carbonyl (C=O) groups excluding carboxylic acids is 1. The predicted octanol–water partition coefficient (Wildman–Crippen LogP) is 2.82. The lowest BCUT2D eigenvalue weighted by Crippen LogP contribution is -2.15. The summed E-state index contributed by atoms with van der Waals surface area (Å²) in [6.07, 6.45) is 6.82. The summed E-state index contributed by atoms with van der Waals surface area (Å²) in [6.45, 7) is 0.673. The van der Waals surface area contributed by atoms with Crippen molar-refractivity contribution in [2.45, 2.75) is 6.54 Å². The smallest absolute Gasteiger partial charge is 0.266 e. The van der Waals surface area contributed by atoms with Crippen molar-refractivity contribution < 1.29 is 4.79 Å². The first-order chi connectivity index (χ1) is 11.8. The van der Waals surface area contributed by atoms with Gasteiger partial charge in [0.05, 0.1) is 17.6 Å². The average molecular weight is 337 g/mol. The zero-order valence-corrected chi connectivity index (χ0v) is 13.6. The van der Waals surface area contributed by atoms with Gasteiger partial charge in [-0.3, -0.25) is 4.79 Å². The molecule has 2 heterocycles. The molecule has 0 aliphatic rings. The number of nitrogens with one attached hydrogen (secondary N) is 1. The van der Waals surface area contributed by atoms with E-state index in [-0.39, 0.29) is 5.91 Å². The van der Waals surface area contributed by atoms with E-state index in [1.54, 1.807) is 22.9 Å². The number of benzene rings is 1. The van der Waals surface area contributed by atoms with Gasteiger partial charge in [0.25, 0.3) is 5.91 Å². The minimum absolute atomic E-state index is 0.219. The maximum Gasteiger partial charge on any atom is 0.281 e. The molecular weight excluding hydrogens is 322 g/mol. The highest BCUT2D eigenvalue weighted by atomic mass is 32.1. The highest BCUT2D eigenvalue weighted by molar-refractivity contribution is 7.12. The Morgan fingerprint density at radius 1 is 1.25 bits per heavy atom. The molecule has 1 amide bonds. The van der Waals surface area contributed by atoms with E-state index in [0.29, 0.717) is 11.4 Å². The van der Waals surface area contributed by atoms with Crippen molar-refractivity contribution in [2.24, 2.45) is 5.10 Å². The van der Waals surface area contributed by atoms with E-state index in [0.717, 1.165) is 11.3 Å². The lowest BCUT2D eigenvalue weighted by molar-refractivity contribution is 0.0959. The van der Waals surface area contributed by atoms with Gasteiger partial charge in [0.15, 0.2) is 0 Å². The second-order valence-corrected chi connectivity index (χ2v) is 5.83. The van der Waals surface area contributed by atoms with Crippen molar-refractivity contribution in [1.29, 1.82) is 0 Å². The van der Waals surface area contributed by atoms with Crippen molar-refractivity contribution >= 4 is 29.5 Å². The Bertz CT molecular complexity index is 837. The summed E-state index contributed by atoms with van der Waals surface area (Å²) in [7, 11) is 0. The fourth-order valence-electron chi connectivity index (χ4n) is 1.98. The van der Waals surface area contributed by atoms with Crippen LogP contribution < -0.4 is 5.43 Å². The predicted molar refractivity (Wildman–Crippen MR) is 94.9 cm³/mol. The van der Waals surface area contributed by atoms with Crippen molar-refractivity contribution in [1.82, 2.24) is 20.4 Å². The fourth-order valence-corrected chi connectivity index (χ4v) is 2.59. The topological polar surface area (TPSA) is 72.2 Å². The van der Waals surface area contributed by atoms with Crippen LogP contribution in [0.25, 0.3) is 6.08 Å². The van der Waals surface area contributed by atoms with Crippen LogP contribution in [0.3, 0.4) is 0 Å². The second-order valence-electron chi connectivity index (χ2n) is 4.88. The fraction of sp³-hybridized carbons (Fsp3) is 0.0588. The van der Waals surface area contributed by atoms with Gasteiger partial charge in [0.1, 0.15) is 5.69 Å². The van der Waals surface area contributed by atoms with E-state index in [4.69, 9.17) is 0 Å². The average Bonchev–Trinajstić information content (AvgIpc) is 3.27. The van der Waals surface area contributed by atoms with Crippen LogP contribution in [-0.4, -0.2) is 27.1 Å². The number of allylic oxidation sites excluding steroid dienone is 1. The summed E-state index contributed by atoms with van der Waals surface area (Å²) in [6, 6.07) is 13.6. The Hall–Kier alpha value is -3.06. The Morgan fingerprint density at radius 3 is 2.92 bits per heavy atom. The Labute approximate surface area is 143 Å². The molecule has 120 valence electrons. The largest absolute Gasteiger partial charge is 0.281 e. The Morgan fingerprint density at radius 2 is 2.12 bits per heavy atom. The SMILES string of the molecule is O=C(N/N=C\C=C\c1cn(Cc2ccccc2)nn1)c1cccs1. The molecule has 1 aromatic carbocycles. The summed E-state index contributed by atoms with van der Waals surface area (Å²) in [5.41, 5.74) is 4.34. The molecule has 0 fully saturated rings. The summed E-state index contributed by atoms with van der Waals surface area (Å²) in [5.74, 6) is -0.219. The number of aromatic nitrogens is 3. The number of thiophene rings is 1. The van der Waals surface area contributed by atoms with Crippen LogP contribution in [-0.2, 0) is 6.54 Å². The normalized spacial score (nSPS) is 11.3. The molecule has 1 N–H and O–H groups in total. The summed E-state index contributed by atoms with van der Waals surface area (Å²) in [4.78, 5) is 12.3. The van der Waals surface area contributed by atoms with Crippen LogP contribution in [0.4, 0.5) is 0 Å². The van der Waals surface area contributed by atoms with Gasteiger partial charge in [-0.2, -0.15) is 5.10 Å². The molecule has 0 atom stereocenters. The number of hydrazone groups is 1. The highest BCUT2D eigenvalue weighted by Gasteiger charge is 2.03. The third-order valence-corrected chi connectivity index (χ3v) is 3.95. The van der Waals surface area contributed by atoms with Gasteiger partial charge in [-0.25, -0.2) is 10.1 Å². The number of carbonyl (C=O) groups is 1. The molecule has 0 saturated carbocycles. The molecule has 7 heteroatoms. The first-order valence-corrected chi connectivity index (χ1v) is 8.17. The van der Waals surface area contributed by atoms with Gasteiger partial charge >= 0.3 is 0 Å². The maximum absolute atomic E-state index is 11.7. The van der Waals surface area contributed by atoms with E-state index >= 15 is 0 Å². The maximum atomic E-state index is 11.7. The summed E-state index contributed by atoms with van der Waals surface area (Å²) < 4.78 is 1.77. The lowest BCUT2D eigenvalue weighted by atomic mass is 10.2. The standard InChI is InChI=1S/C17H15N5OS/c23-17(16-9-5-11-24-16)20-18-10-4-8-15-13-22(21-19-15)12-14-6-2-1-3-7-14/h1-11,13H,12H2,(H,20,23)/b8-4+,18-10-. The number of hydrogen-bond donors (Lipinski definition) is 1. The quantitative estimate of drug-likeness (QED) is 0.555. The summed E-state index contributed by atoms with van der Waals surface area (Å²) >= 11 is 1.37. The van der Waals surface area contributed by atoms with E-state index in [2.05, 4.69) is 20.8 Å². The number of amides is 1. The second kappa shape index (κ2) is 7.98. The monoisotopic (exact) mass is 337 g/mol. The molecule has 3 rings (SSSR count). The van der Waals surface area contributed by atoms with E-state index in [1.165, 1.54) is 17.6 Å². The molecular formula is C17H15N5OS. The molecule has 0 radical (unpaired) electrons.